The second-order valence-electron chi connectivity index (χ2n) is 12.0. The number of nitrogens with zero attached hydrogens (tertiary/aromatic N) is 6. The van der Waals surface area contributed by atoms with Gasteiger partial charge in [0.2, 0.25) is 11.9 Å². The van der Waals surface area contributed by atoms with Crippen molar-refractivity contribution in [2.75, 3.05) is 25.1 Å². The molecule has 3 amide bonds. The summed E-state index contributed by atoms with van der Waals surface area (Å²) in [6, 6.07) is 6.28. The highest BCUT2D eigenvalue weighted by atomic mass is 16.6. The molecule has 16 nitrogen and oxygen atoms in total. The number of fused-ring (bicyclic) bond motifs is 1. The van der Waals surface area contributed by atoms with Crippen LogP contribution in [-0.2, 0) is 29.1 Å². The summed E-state index contributed by atoms with van der Waals surface area (Å²) in [4.78, 5) is 55.1. The summed E-state index contributed by atoms with van der Waals surface area (Å²) >= 11 is 0. The fourth-order valence-corrected chi connectivity index (χ4v) is 4.92. The number of hydrogen-bond donors (Lipinski definition) is 3. The van der Waals surface area contributed by atoms with Gasteiger partial charge in [0, 0.05) is 31.7 Å². The fraction of sp³-hybridized carbons (Fsp3) is 0.424. The van der Waals surface area contributed by atoms with Crippen LogP contribution in [0.2, 0.25) is 0 Å². The molecule has 0 atom stereocenters. The molecule has 0 unspecified atom stereocenters. The summed E-state index contributed by atoms with van der Waals surface area (Å²) in [5.74, 6) is -1.33. The SMILES string of the molecule is CCn1nc(C)cc1C(=O)Nc1nc2cc(C(N)=O)cc(OCCOC(=O)c3cc(C)nn3CC)c2n1CC=CCNC(=O)OC(C)(C)C. The Morgan fingerprint density at radius 1 is 0.918 bits per heavy atom. The largest absolute Gasteiger partial charge is 0.488 e. The number of alkyl carbamates (subject to hydrolysis) is 1. The van der Waals surface area contributed by atoms with Gasteiger partial charge in [-0.25, -0.2) is 14.6 Å². The maximum absolute atomic E-state index is 13.4. The molecule has 0 aliphatic heterocycles. The van der Waals surface area contributed by atoms with E-state index in [1.54, 1.807) is 72.8 Å². The lowest BCUT2D eigenvalue weighted by atomic mass is 10.1. The van der Waals surface area contributed by atoms with Crippen molar-refractivity contribution in [3.05, 3.63) is 64.8 Å². The predicted molar refractivity (Wildman–Crippen MR) is 181 cm³/mol. The molecule has 4 N–H and O–H groups in total. The van der Waals surface area contributed by atoms with Crippen LogP contribution in [0, 0.1) is 13.8 Å². The smallest absolute Gasteiger partial charge is 0.407 e. The lowest BCUT2D eigenvalue weighted by molar-refractivity contribution is 0.0436. The van der Waals surface area contributed by atoms with Crippen LogP contribution in [0.15, 0.2) is 36.4 Å². The van der Waals surface area contributed by atoms with E-state index in [9.17, 15) is 19.2 Å². The van der Waals surface area contributed by atoms with Gasteiger partial charge in [-0.3, -0.25) is 24.3 Å². The van der Waals surface area contributed by atoms with Gasteiger partial charge in [0.1, 0.15) is 41.5 Å². The van der Waals surface area contributed by atoms with Crippen LogP contribution in [0.25, 0.3) is 11.0 Å². The summed E-state index contributed by atoms with van der Waals surface area (Å²) in [6.45, 7) is 13.8. The number of ether oxygens (including phenoxy) is 3. The third-order valence-electron chi connectivity index (χ3n) is 6.95. The Bertz CT molecular complexity index is 1880. The van der Waals surface area contributed by atoms with E-state index in [4.69, 9.17) is 19.9 Å². The van der Waals surface area contributed by atoms with Gasteiger partial charge >= 0.3 is 12.1 Å². The number of rotatable bonds is 14. The predicted octanol–water partition coefficient (Wildman–Crippen LogP) is 3.75. The molecule has 0 bridgehead atoms. The van der Waals surface area contributed by atoms with Crippen molar-refractivity contribution in [3.8, 4) is 5.75 Å². The highest BCUT2D eigenvalue weighted by Gasteiger charge is 2.22. The van der Waals surface area contributed by atoms with Crippen molar-refractivity contribution in [2.24, 2.45) is 5.73 Å². The molecule has 0 radical (unpaired) electrons. The first-order valence-electron chi connectivity index (χ1n) is 15.9. The van der Waals surface area contributed by atoms with Crippen molar-refractivity contribution in [1.82, 2.24) is 34.4 Å². The molecule has 0 saturated carbocycles. The van der Waals surface area contributed by atoms with Gasteiger partial charge in [-0.05, 0) is 72.7 Å². The summed E-state index contributed by atoms with van der Waals surface area (Å²) in [6.07, 6.45) is 2.92. The Hall–Kier alpha value is -5.67. The van der Waals surface area contributed by atoms with E-state index in [0.717, 1.165) is 0 Å². The molecule has 0 fully saturated rings. The number of benzene rings is 1. The molecular weight excluding hydrogens is 634 g/mol. The Balaban J connectivity index is 1.63. The number of aromatic nitrogens is 6. The number of carbonyl (C=O) groups is 4. The number of amides is 3. The number of imidazole rings is 1. The number of nitrogens with one attached hydrogen (secondary N) is 2. The van der Waals surface area contributed by atoms with E-state index >= 15 is 0 Å². The van der Waals surface area contributed by atoms with E-state index in [2.05, 4.69) is 25.8 Å². The van der Waals surface area contributed by atoms with Crippen molar-refractivity contribution in [3.63, 3.8) is 0 Å². The van der Waals surface area contributed by atoms with E-state index in [1.807, 2.05) is 13.8 Å². The monoisotopic (exact) mass is 677 g/mol. The maximum atomic E-state index is 13.4. The number of primary amides is 1. The number of anilines is 1. The molecule has 3 aromatic heterocycles. The number of hydrogen-bond acceptors (Lipinski definition) is 10. The second kappa shape index (κ2) is 15.5. The van der Waals surface area contributed by atoms with Gasteiger partial charge in [0.25, 0.3) is 5.91 Å². The Morgan fingerprint density at radius 3 is 2.20 bits per heavy atom. The van der Waals surface area contributed by atoms with E-state index in [0.29, 0.717) is 46.9 Å². The second-order valence-corrected chi connectivity index (χ2v) is 12.0. The van der Waals surface area contributed by atoms with E-state index in [1.165, 1.54) is 12.1 Å². The summed E-state index contributed by atoms with van der Waals surface area (Å²) < 4.78 is 21.6. The van der Waals surface area contributed by atoms with Gasteiger partial charge < -0.3 is 29.8 Å². The molecule has 0 saturated heterocycles. The molecule has 0 aliphatic rings. The van der Waals surface area contributed by atoms with Gasteiger partial charge in [0.05, 0.1) is 16.9 Å². The number of allylic oxidation sites excluding steroid dienone is 1. The third-order valence-corrected chi connectivity index (χ3v) is 6.95. The molecule has 4 aromatic rings. The molecule has 1 aromatic carbocycles. The number of carbonyl (C=O) groups excluding carboxylic acids is 4. The highest BCUT2D eigenvalue weighted by molar-refractivity contribution is 6.04. The fourth-order valence-electron chi connectivity index (χ4n) is 4.92. The van der Waals surface area contributed by atoms with Crippen molar-refractivity contribution >= 4 is 40.9 Å². The van der Waals surface area contributed by atoms with Crippen LogP contribution >= 0.6 is 0 Å². The highest BCUT2D eigenvalue weighted by Crippen LogP contribution is 2.31. The van der Waals surface area contributed by atoms with Crippen LogP contribution < -0.4 is 21.1 Å². The van der Waals surface area contributed by atoms with Crippen LogP contribution in [0.4, 0.5) is 10.7 Å². The first-order chi connectivity index (χ1) is 23.2. The van der Waals surface area contributed by atoms with Crippen LogP contribution in [0.1, 0.15) is 77.3 Å². The summed E-state index contributed by atoms with van der Waals surface area (Å²) in [5.41, 5.74) is 7.91. The van der Waals surface area contributed by atoms with Gasteiger partial charge in [-0.2, -0.15) is 10.2 Å². The van der Waals surface area contributed by atoms with Crippen molar-refractivity contribution < 1.29 is 33.4 Å². The number of esters is 1. The third kappa shape index (κ3) is 9.24. The molecule has 49 heavy (non-hydrogen) atoms. The van der Waals surface area contributed by atoms with Crippen molar-refractivity contribution in [2.45, 2.75) is 73.7 Å². The summed E-state index contributed by atoms with van der Waals surface area (Å²) in [7, 11) is 0. The minimum absolute atomic E-state index is 0.0697. The van der Waals surface area contributed by atoms with Crippen LogP contribution in [0.3, 0.4) is 0 Å². The normalized spacial score (nSPS) is 11.6. The minimum Gasteiger partial charge on any atom is -0.488 e. The summed E-state index contributed by atoms with van der Waals surface area (Å²) in [5, 5.41) is 14.1. The minimum atomic E-state index is -0.711. The molecule has 0 spiro atoms. The average molecular weight is 678 g/mol. The Labute approximate surface area is 283 Å². The average Bonchev–Trinajstić information content (AvgIpc) is 3.71. The molecular formula is C33H43N9O7. The first kappa shape index (κ1) is 36.2. The van der Waals surface area contributed by atoms with E-state index in [-0.39, 0.29) is 43.6 Å². The zero-order chi connectivity index (χ0) is 35.9. The van der Waals surface area contributed by atoms with Gasteiger partial charge in [-0.1, -0.05) is 12.2 Å². The van der Waals surface area contributed by atoms with Crippen LogP contribution in [-0.4, -0.2) is 78.3 Å². The molecule has 3 heterocycles. The number of aryl methyl sites for hydroxylation is 4. The lowest BCUT2D eigenvalue weighted by Gasteiger charge is -2.19. The molecule has 0 aliphatic carbocycles. The Kier molecular flexibility index (Phi) is 11.4. The van der Waals surface area contributed by atoms with E-state index < -0.39 is 29.5 Å². The first-order valence-corrected chi connectivity index (χ1v) is 15.9. The molecule has 4 rings (SSSR count). The maximum Gasteiger partial charge on any atom is 0.407 e. The van der Waals surface area contributed by atoms with Gasteiger partial charge in [-0.15, -0.1) is 0 Å². The standard InChI is InChI=1S/C33H43N9O7/c1-8-41-24(16-20(3)38-41)29(44)37-31-36-23-18-22(28(34)43)19-26(47-14-15-48-30(45)25-17-21(4)39-42(25)9-2)27(23)40(31)13-11-10-12-35-32(46)49-33(5,6)7/h10-11,16-19H,8-9,12-15H2,1-7H3,(H2,34,43)(H,35,46)(H,36,37,44). The van der Waals surface area contributed by atoms with Crippen molar-refractivity contribution in [1.29, 1.82) is 0 Å². The quantitative estimate of drug-likeness (QED) is 0.100. The van der Waals surface area contributed by atoms with Crippen LogP contribution in [0.5, 0.6) is 5.75 Å². The lowest BCUT2D eigenvalue weighted by Crippen LogP contribution is -2.32. The topological polar surface area (TPSA) is 200 Å². The van der Waals surface area contributed by atoms with Gasteiger partial charge in [0.15, 0.2) is 0 Å². The molecule has 262 valence electrons. The molecule has 16 heteroatoms. The number of nitrogens with two attached hydrogens (primary N) is 1. The Morgan fingerprint density at radius 2 is 1.57 bits per heavy atom. The zero-order valence-corrected chi connectivity index (χ0v) is 28.8. The zero-order valence-electron chi connectivity index (χ0n) is 28.8.